The lowest BCUT2D eigenvalue weighted by Gasteiger charge is -2.27. The SMILES string of the molecule is CC(C)(C)OC(=O)NCC(NC(=O)OC(C)(C)C)c1nnc([C@@H]2CC[C@H]3CN2C(=O)N3O)o1. The van der Waals surface area contributed by atoms with Crippen LogP contribution in [0.5, 0.6) is 0 Å². The van der Waals surface area contributed by atoms with Gasteiger partial charge in [0.25, 0.3) is 0 Å². The number of urea groups is 1. The molecule has 1 aromatic heterocycles. The third-order valence-electron chi connectivity index (χ3n) is 4.92. The number of carbonyl (C=O) groups is 3. The van der Waals surface area contributed by atoms with Crippen LogP contribution in [0.1, 0.15) is 78.2 Å². The van der Waals surface area contributed by atoms with E-state index in [4.69, 9.17) is 13.9 Å². The second kappa shape index (κ2) is 9.04. The normalized spacial score (nSPS) is 21.6. The number of carbonyl (C=O) groups excluding carboxylic acids is 3. The number of piperidine rings is 1. The summed E-state index contributed by atoms with van der Waals surface area (Å²) in [5.41, 5.74) is -1.43. The third-order valence-corrected chi connectivity index (χ3v) is 4.92. The van der Waals surface area contributed by atoms with Crippen molar-refractivity contribution in [1.29, 1.82) is 0 Å². The molecule has 2 aliphatic heterocycles. The predicted molar refractivity (Wildman–Crippen MR) is 112 cm³/mol. The maximum atomic E-state index is 12.4. The summed E-state index contributed by atoms with van der Waals surface area (Å²) in [6.07, 6.45) is -0.289. The number of rotatable bonds is 5. The van der Waals surface area contributed by atoms with E-state index >= 15 is 0 Å². The zero-order valence-corrected chi connectivity index (χ0v) is 19.7. The number of nitrogens with one attached hydrogen (secondary N) is 2. The fourth-order valence-corrected chi connectivity index (χ4v) is 3.58. The maximum absolute atomic E-state index is 12.4. The van der Waals surface area contributed by atoms with Gasteiger partial charge in [-0.1, -0.05) is 0 Å². The van der Waals surface area contributed by atoms with Gasteiger partial charge in [0.15, 0.2) is 0 Å². The summed E-state index contributed by atoms with van der Waals surface area (Å²) in [5.74, 6) is 0.210. The first-order valence-corrected chi connectivity index (χ1v) is 10.8. The summed E-state index contributed by atoms with van der Waals surface area (Å²) in [5, 5.41) is 23.9. The van der Waals surface area contributed by atoms with Crippen molar-refractivity contribution in [2.75, 3.05) is 13.1 Å². The van der Waals surface area contributed by atoms with Crippen LogP contribution in [-0.4, -0.2) is 73.9 Å². The molecule has 2 aliphatic rings. The van der Waals surface area contributed by atoms with Crippen molar-refractivity contribution in [3.8, 4) is 0 Å². The van der Waals surface area contributed by atoms with Gasteiger partial charge in [0.05, 0.1) is 12.6 Å². The Morgan fingerprint density at radius 1 is 1.12 bits per heavy atom. The fourth-order valence-electron chi connectivity index (χ4n) is 3.58. The van der Waals surface area contributed by atoms with E-state index in [1.807, 2.05) is 0 Å². The van der Waals surface area contributed by atoms with Gasteiger partial charge in [0, 0.05) is 6.54 Å². The molecule has 0 saturated carbocycles. The van der Waals surface area contributed by atoms with Crippen LogP contribution >= 0.6 is 0 Å². The van der Waals surface area contributed by atoms with Crippen LogP contribution in [0.3, 0.4) is 0 Å². The van der Waals surface area contributed by atoms with Crippen LogP contribution < -0.4 is 10.6 Å². The van der Waals surface area contributed by atoms with Crippen LogP contribution in [0, 0.1) is 0 Å². The molecule has 0 radical (unpaired) electrons. The highest BCUT2D eigenvalue weighted by Crippen LogP contribution is 2.37. The number of nitrogens with zero attached hydrogens (tertiary/aromatic N) is 4. The monoisotopic (exact) mass is 468 g/mol. The molecule has 13 heteroatoms. The predicted octanol–water partition coefficient (Wildman–Crippen LogP) is 2.49. The summed E-state index contributed by atoms with van der Waals surface area (Å²) >= 11 is 0. The first-order valence-electron chi connectivity index (χ1n) is 10.8. The van der Waals surface area contributed by atoms with Crippen molar-refractivity contribution in [3.05, 3.63) is 11.8 Å². The molecule has 0 aliphatic carbocycles. The molecule has 2 saturated heterocycles. The molecule has 3 rings (SSSR count). The van der Waals surface area contributed by atoms with Gasteiger partial charge >= 0.3 is 18.2 Å². The van der Waals surface area contributed by atoms with Crippen LogP contribution in [0.25, 0.3) is 0 Å². The van der Waals surface area contributed by atoms with E-state index in [0.717, 1.165) is 5.06 Å². The Morgan fingerprint density at radius 2 is 1.76 bits per heavy atom. The topological polar surface area (TPSA) is 159 Å². The van der Waals surface area contributed by atoms with Crippen molar-refractivity contribution in [2.24, 2.45) is 0 Å². The van der Waals surface area contributed by atoms with Crippen molar-refractivity contribution in [2.45, 2.75) is 83.7 Å². The minimum Gasteiger partial charge on any atom is -0.444 e. The maximum Gasteiger partial charge on any atom is 0.408 e. The molecular weight excluding hydrogens is 436 g/mol. The molecule has 1 unspecified atom stereocenters. The van der Waals surface area contributed by atoms with Crippen molar-refractivity contribution in [1.82, 2.24) is 30.8 Å². The molecule has 3 heterocycles. The Labute approximate surface area is 191 Å². The lowest BCUT2D eigenvalue weighted by Crippen LogP contribution is -2.42. The number of hydrogen-bond acceptors (Lipinski definition) is 9. The van der Waals surface area contributed by atoms with Gasteiger partial charge in [0.2, 0.25) is 11.8 Å². The first kappa shape index (κ1) is 24.6. The second-order valence-electron chi connectivity index (χ2n) is 10.1. The van der Waals surface area contributed by atoms with E-state index in [9.17, 15) is 19.6 Å². The van der Waals surface area contributed by atoms with E-state index < -0.39 is 41.5 Å². The Bertz CT molecular complexity index is 890. The lowest BCUT2D eigenvalue weighted by molar-refractivity contribution is -0.0584. The number of alkyl carbamates (subject to hydrolysis) is 2. The average Bonchev–Trinajstić information content (AvgIpc) is 3.23. The average molecular weight is 469 g/mol. The standard InChI is InChI=1S/C20H32N6O7/c1-19(2,3)32-16(27)21-9-12(22-17(28)33-20(4,5)6)14-23-24-15(31-14)13-8-7-11-10-25(13)18(29)26(11)30/h11-13,30H,7-10H2,1-6H3,(H,21,27)(H,22,28)/t11-,12?,13-/m0/s1. The van der Waals surface area contributed by atoms with Crippen LogP contribution in [0.15, 0.2) is 4.42 Å². The van der Waals surface area contributed by atoms with Gasteiger partial charge in [-0.3, -0.25) is 5.21 Å². The Morgan fingerprint density at radius 3 is 2.39 bits per heavy atom. The molecular formula is C20H32N6O7. The number of hydroxylamine groups is 2. The number of ether oxygens (including phenoxy) is 2. The molecule has 3 atom stereocenters. The second-order valence-corrected chi connectivity index (χ2v) is 10.1. The van der Waals surface area contributed by atoms with Crippen LogP contribution in [-0.2, 0) is 9.47 Å². The molecule has 2 fully saturated rings. The van der Waals surface area contributed by atoms with Gasteiger partial charge in [-0.25, -0.2) is 19.4 Å². The van der Waals surface area contributed by atoms with Crippen LogP contribution in [0.4, 0.5) is 14.4 Å². The summed E-state index contributed by atoms with van der Waals surface area (Å²) in [6.45, 7) is 10.6. The Hall–Kier alpha value is -3.09. The number of aromatic nitrogens is 2. The van der Waals surface area contributed by atoms with Crippen molar-refractivity contribution < 1.29 is 33.5 Å². The van der Waals surface area contributed by atoms with E-state index in [0.29, 0.717) is 19.4 Å². The number of hydrogen-bond donors (Lipinski definition) is 3. The highest BCUT2D eigenvalue weighted by Gasteiger charge is 2.46. The van der Waals surface area contributed by atoms with Crippen molar-refractivity contribution >= 4 is 18.2 Å². The smallest absolute Gasteiger partial charge is 0.408 e. The molecule has 184 valence electrons. The third kappa shape index (κ3) is 6.24. The zero-order valence-electron chi connectivity index (χ0n) is 19.7. The largest absolute Gasteiger partial charge is 0.444 e. The summed E-state index contributed by atoms with van der Waals surface area (Å²) in [6, 6.07) is -2.17. The van der Waals surface area contributed by atoms with E-state index in [2.05, 4.69) is 20.8 Å². The minimum atomic E-state index is -0.909. The highest BCUT2D eigenvalue weighted by molar-refractivity contribution is 5.76. The molecule has 3 N–H and O–H groups in total. The van der Waals surface area contributed by atoms with Gasteiger partial charge < -0.3 is 29.4 Å². The molecule has 33 heavy (non-hydrogen) atoms. The molecule has 1 aromatic rings. The van der Waals surface area contributed by atoms with Crippen molar-refractivity contribution in [3.63, 3.8) is 0 Å². The number of amides is 4. The zero-order chi connectivity index (χ0) is 24.6. The Kier molecular flexibility index (Phi) is 6.73. The molecule has 2 bridgehead atoms. The van der Waals surface area contributed by atoms with E-state index in [1.165, 1.54) is 4.90 Å². The van der Waals surface area contributed by atoms with Gasteiger partial charge in [-0.15, -0.1) is 10.2 Å². The van der Waals surface area contributed by atoms with E-state index in [1.54, 1.807) is 41.5 Å². The Balaban J connectivity index is 1.74. The van der Waals surface area contributed by atoms with Gasteiger partial charge in [-0.05, 0) is 54.4 Å². The minimum absolute atomic E-state index is 0.0292. The lowest BCUT2D eigenvalue weighted by atomic mass is 10.0. The van der Waals surface area contributed by atoms with E-state index in [-0.39, 0.29) is 24.4 Å². The molecule has 0 aromatic carbocycles. The molecule has 0 spiro atoms. The quantitative estimate of drug-likeness (QED) is 0.552. The fraction of sp³-hybridized carbons (Fsp3) is 0.750. The van der Waals surface area contributed by atoms with Gasteiger partial charge in [-0.2, -0.15) is 0 Å². The highest BCUT2D eigenvalue weighted by atomic mass is 16.6. The summed E-state index contributed by atoms with van der Waals surface area (Å²) in [4.78, 5) is 38.2. The molecule has 13 nitrogen and oxygen atoms in total. The van der Waals surface area contributed by atoms with Crippen LogP contribution in [0.2, 0.25) is 0 Å². The number of fused-ring (bicyclic) bond motifs is 2. The summed E-state index contributed by atoms with van der Waals surface area (Å²) in [7, 11) is 0. The molecule has 4 amide bonds. The van der Waals surface area contributed by atoms with Gasteiger partial charge in [0.1, 0.15) is 23.3 Å². The summed E-state index contributed by atoms with van der Waals surface area (Å²) < 4.78 is 16.3. The first-order chi connectivity index (χ1) is 15.2.